The fourth-order valence-corrected chi connectivity index (χ4v) is 2.88. The summed E-state index contributed by atoms with van der Waals surface area (Å²) in [6, 6.07) is 6.64. The van der Waals surface area contributed by atoms with Gasteiger partial charge in [0.25, 0.3) is 0 Å². The van der Waals surface area contributed by atoms with Crippen LogP contribution in [0.2, 0.25) is 19.6 Å². The molecule has 1 aliphatic heterocycles. The van der Waals surface area contributed by atoms with Gasteiger partial charge < -0.3 is 14.2 Å². The minimum Gasteiger partial charge on any atom is -0.462 e. The van der Waals surface area contributed by atoms with Crippen molar-refractivity contribution in [3.63, 3.8) is 0 Å². The fourth-order valence-electron chi connectivity index (χ4n) is 2.38. The molecule has 3 rings (SSSR count). The van der Waals surface area contributed by atoms with Gasteiger partial charge in [0.05, 0.1) is 24.3 Å². The third-order valence-electron chi connectivity index (χ3n) is 4.09. The van der Waals surface area contributed by atoms with Crippen LogP contribution < -0.4 is 0 Å². The van der Waals surface area contributed by atoms with E-state index in [0.717, 1.165) is 13.2 Å². The molecule has 7 nitrogen and oxygen atoms in total. The molecular weight excluding hydrogens is 460 g/mol. The van der Waals surface area contributed by atoms with E-state index >= 15 is 0 Å². The number of aromatic nitrogens is 2. The molecule has 0 amide bonds. The molecule has 186 valence electrons. The van der Waals surface area contributed by atoms with E-state index in [4.69, 9.17) is 20.6 Å². The Kier molecular flexibility index (Phi) is 13.7. The van der Waals surface area contributed by atoms with E-state index in [9.17, 15) is 9.59 Å². The molecule has 1 aliphatic rings. The summed E-state index contributed by atoms with van der Waals surface area (Å²) in [6.07, 6.45) is 10.6. The Morgan fingerprint density at radius 3 is 1.71 bits per heavy atom. The topological polar surface area (TPSA) is 87.6 Å². The first kappa shape index (κ1) is 29.6. The normalized spacial score (nSPS) is 11.8. The van der Waals surface area contributed by atoms with E-state index in [2.05, 4.69) is 47.0 Å². The molecule has 35 heavy (non-hydrogen) atoms. The summed E-state index contributed by atoms with van der Waals surface area (Å²) < 4.78 is 14.6. The van der Waals surface area contributed by atoms with Gasteiger partial charge in [-0.2, -0.15) is 0 Å². The quantitative estimate of drug-likeness (QED) is 0.351. The summed E-state index contributed by atoms with van der Waals surface area (Å²) in [5, 5.41) is 0. The molecule has 3 heterocycles. The number of ether oxygens (including phenoxy) is 3. The number of esters is 2. The van der Waals surface area contributed by atoms with Gasteiger partial charge in [0.1, 0.15) is 19.5 Å². The van der Waals surface area contributed by atoms with Crippen molar-refractivity contribution < 1.29 is 23.8 Å². The summed E-state index contributed by atoms with van der Waals surface area (Å²) in [4.78, 5) is 30.5. The highest BCUT2D eigenvalue weighted by molar-refractivity contribution is 6.83. The van der Waals surface area contributed by atoms with Gasteiger partial charge in [-0.25, -0.2) is 19.6 Å². The van der Waals surface area contributed by atoms with Crippen molar-refractivity contribution in [2.24, 2.45) is 0 Å². The first-order valence-corrected chi connectivity index (χ1v) is 15.0. The Morgan fingerprint density at radius 1 is 0.914 bits per heavy atom. The molecule has 8 heteroatoms. The largest absolute Gasteiger partial charge is 0.462 e. The van der Waals surface area contributed by atoms with Gasteiger partial charge in [-0.05, 0) is 51.0 Å². The van der Waals surface area contributed by atoms with Crippen LogP contribution in [0.25, 0.3) is 0 Å². The van der Waals surface area contributed by atoms with Crippen molar-refractivity contribution in [1.29, 1.82) is 0 Å². The van der Waals surface area contributed by atoms with Crippen LogP contribution in [0, 0.1) is 23.8 Å². The van der Waals surface area contributed by atoms with Gasteiger partial charge in [-0.15, -0.1) is 12.0 Å². The SMILES string of the molecule is C#Cc1ccc(C(=O)OCC)cn1.C1CCOC1.CCOC(=O)c1ccc(C#C[Si](C)(C)C)nc1. The van der Waals surface area contributed by atoms with Crippen LogP contribution in [-0.4, -0.2) is 56.4 Å². The van der Waals surface area contributed by atoms with Gasteiger partial charge in [0.15, 0.2) is 0 Å². The zero-order valence-electron chi connectivity index (χ0n) is 21.2. The minimum absolute atomic E-state index is 0.343. The molecule has 0 aliphatic carbocycles. The summed E-state index contributed by atoms with van der Waals surface area (Å²) in [5.41, 5.74) is 5.31. The molecule has 0 aromatic carbocycles. The van der Waals surface area contributed by atoms with E-state index in [-0.39, 0.29) is 11.9 Å². The Hall–Kier alpha value is -3.46. The van der Waals surface area contributed by atoms with Crippen LogP contribution in [0.4, 0.5) is 0 Å². The maximum Gasteiger partial charge on any atom is 0.339 e. The van der Waals surface area contributed by atoms with E-state index in [0.29, 0.717) is 35.7 Å². The average molecular weight is 495 g/mol. The van der Waals surface area contributed by atoms with Gasteiger partial charge in [0.2, 0.25) is 0 Å². The molecule has 0 atom stereocenters. The molecule has 0 unspecified atom stereocenters. The van der Waals surface area contributed by atoms with Crippen LogP contribution in [-0.2, 0) is 14.2 Å². The number of hydrogen-bond acceptors (Lipinski definition) is 7. The number of carbonyl (C=O) groups excluding carboxylic acids is 2. The maximum atomic E-state index is 11.4. The average Bonchev–Trinajstić information content (AvgIpc) is 3.44. The van der Waals surface area contributed by atoms with E-state index < -0.39 is 8.07 Å². The lowest BCUT2D eigenvalue weighted by Crippen LogP contribution is -2.16. The number of terminal acetylenes is 1. The molecule has 0 N–H and O–H groups in total. The standard InChI is InChI=1S/C13H17NO2Si.C10H9NO2.C4H8O/c1-5-16-13(15)11-6-7-12(14-10-11)8-9-17(2,3)4;1-3-9-6-5-8(7-11-9)10(12)13-4-2;1-2-4-5-3-1/h6-7,10H,5H2,1-4H3;1,5-7H,4H2,2H3;1-4H2. The van der Waals surface area contributed by atoms with Crippen LogP contribution in [0.1, 0.15) is 58.8 Å². The predicted octanol–water partition coefficient (Wildman–Crippen LogP) is 4.52. The molecule has 1 fully saturated rings. The van der Waals surface area contributed by atoms with Gasteiger partial charge in [0, 0.05) is 25.6 Å². The van der Waals surface area contributed by atoms with E-state index in [1.54, 1.807) is 38.1 Å². The number of nitrogens with zero attached hydrogens (tertiary/aromatic N) is 2. The maximum absolute atomic E-state index is 11.4. The summed E-state index contributed by atoms with van der Waals surface area (Å²) in [7, 11) is -1.38. The highest BCUT2D eigenvalue weighted by Crippen LogP contribution is 2.03. The van der Waals surface area contributed by atoms with Crippen molar-refractivity contribution in [2.75, 3.05) is 26.4 Å². The molecule has 0 saturated carbocycles. The zero-order chi connectivity index (χ0) is 26.1. The lowest BCUT2D eigenvalue weighted by Gasteiger charge is -2.03. The lowest BCUT2D eigenvalue weighted by molar-refractivity contribution is 0.0516. The van der Waals surface area contributed by atoms with Crippen molar-refractivity contribution in [3.8, 4) is 23.8 Å². The third-order valence-corrected chi connectivity index (χ3v) is 4.97. The van der Waals surface area contributed by atoms with Crippen LogP contribution in [0.5, 0.6) is 0 Å². The van der Waals surface area contributed by atoms with Crippen LogP contribution >= 0.6 is 0 Å². The van der Waals surface area contributed by atoms with Gasteiger partial charge in [-0.1, -0.05) is 31.5 Å². The lowest BCUT2D eigenvalue weighted by atomic mass is 10.2. The molecule has 0 spiro atoms. The zero-order valence-corrected chi connectivity index (χ0v) is 22.2. The summed E-state index contributed by atoms with van der Waals surface area (Å²) in [6.45, 7) is 12.8. The highest BCUT2D eigenvalue weighted by Gasteiger charge is 2.09. The summed E-state index contributed by atoms with van der Waals surface area (Å²) >= 11 is 0. The Morgan fingerprint density at radius 2 is 1.40 bits per heavy atom. The second-order valence-electron chi connectivity index (χ2n) is 8.27. The minimum atomic E-state index is -1.38. The smallest absolute Gasteiger partial charge is 0.339 e. The second-order valence-corrected chi connectivity index (χ2v) is 13.0. The van der Waals surface area contributed by atoms with Gasteiger partial charge in [-0.3, -0.25) is 0 Å². The van der Waals surface area contributed by atoms with E-state index in [1.165, 1.54) is 25.2 Å². The van der Waals surface area contributed by atoms with Crippen molar-refractivity contribution >= 4 is 20.0 Å². The van der Waals surface area contributed by atoms with Crippen molar-refractivity contribution in [3.05, 3.63) is 59.2 Å². The van der Waals surface area contributed by atoms with Crippen molar-refractivity contribution in [1.82, 2.24) is 9.97 Å². The molecule has 2 aromatic rings. The third kappa shape index (κ3) is 13.1. The highest BCUT2D eigenvalue weighted by atomic mass is 28.3. The molecule has 0 radical (unpaired) electrons. The Bertz CT molecular complexity index is 1020. The van der Waals surface area contributed by atoms with Crippen molar-refractivity contribution in [2.45, 2.75) is 46.3 Å². The molecule has 2 aromatic heterocycles. The second kappa shape index (κ2) is 16.2. The van der Waals surface area contributed by atoms with Crippen LogP contribution in [0.3, 0.4) is 0 Å². The number of rotatable bonds is 4. The monoisotopic (exact) mass is 494 g/mol. The molecule has 0 bridgehead atoms. The fraction of sp³-hybridized carbons (Fsp3) is 0.407. The first-order chi connectivity index (χ1) is 16.7. The number of carbonyl (C=O) groups is 2. The first-order valence-electron chi connectivity index (χ1n) is 11.5. The Balaban J connectivity index is 0.000000298. The molecular formula is C27H34N2O5Si. The Labute approximate surface area is 209 Å². The molecule has 1 saturated heterocycles. The van der Waals surface area contributed by atoms with Crippen LogP contribution in [0.15, 0.2) is 36.7 Å². The number of pyridine rings is 2. The van der Waals surface area contributed by atoms with Gasteiger partial charge >= 0.3 is 11.9 Å². The predicted molar refractivity (Wildman–Crippen MR) is 139 cm³/mol. The van der Waals surface area contributed by atoms with E-state index in [1.807, 2.05) is 0 Å². The number of hydrogen-bond donors (Lipinski definition) is 0. The summed E-state index contributed by atoms with van der Waals surface area (Å²) in [5.74, 6) is 4.67.